The van der Waals surface area contributed by atoms with Crippen molar-refractivity contribution in [3.05, 3.63) is 41.6 Å². The molecular formula is C13H14N2O3. The van der Waals surface area contributed by atoms with Gasteiger partial charge < -0.3 is 9.15 Å². The number of hydrogen-bond donors (Lipinski definition) is 0. The van der Waals surface area contributed by atoms with Crippen molar-refractivity contribution in [1.82, 2.24) is 10.2 Å². The first-order valence-corrected chi connectivity index (χ1v) is 5.81. The van der Waals surface area contributed by atoms with E-state index in [1.165, 1.54) is 0 Å². The second-order valence-corrected chi connectivity index (χ2v) is 3.82. The number of carbonyl (C=O) groups excluding carboxylic acids is 1. The van der Waals surface area contributed by atoms with Crippen molar-refractivity contribution >= 4 is 6.29 Å². The van der Waals surface area contributed by atoms with Crippen LogP contribution in [-0.4, -0.2) is 16.5 Å². The molecule has 0 N–H and O–H groups in total. The van der Waals surface area contributed by atoms with E-state index in [9.17, 15) is 4.79 Å². The summed E-state index contributed by atoms with van der Waals surface area (Å²) in [5, 5.41) is 7.79. The van der Waals surface area contributed by atoms with Gasteiger partial charge in [0, 0.05) is 12.0 Å². The van der Waals surface area contributed by atoms with Gasteiger partial charge in [-0.25, -0.2) is 0 Å². The number of aromatic nitrogens is 2. The maximum atomic E-state index is 10.5. The molecule has 1 heterocycles. The lowest BCUT2D eigenvalue weighted by Crippen LogP contribution is -1.95. The molecule has 0 amide bonds. The van der Waals surface area contributed by atoms with Gasteiger partial charge >= 0.3 is 0 Å². The molecule has 2 rings (SSSR count). The quantitative estimate of drug-likeness (QED) is 0.732. The van der Waals surface area contributed by atoms with Gasteiger partial charge in [-0.15, -0.1) is 10.2 Å². The number of carbonyl (C=O) groups is 1. The zero-order valence-corrected chi connectivity index (χ0v) is 10.1. The second kappa shape index (κ2) is 5.95. The maximum absolute atomic E-state index is 10.5. The molecule has 2 aromatic rings. The molecule has 18 heavy (non-hydrogen) atoms. The molecular weight excluding hydrogens is 232 g/mol. The maximum Gasteiger partial charge on any atom is 0.253 e. The van der Waals surface area contributed by atoms with Crippen LogP contribution >= 0.6 is 0 Å². The van der Waals surface area contributed by atoms with Crippen LogP contribution in [0.1, 0.15) is 35.5 Å². The summed E-state index contributed by atoms with van der Waals surface area (Å²) in [6.45, 7) is 2.28. The molecule has 0 atom stereocenters. The van der Waals surface area contributed by atoms with Crippen LogP contribution < -0.4 is 4.74 Å². The average Bonchev–Trinajstić information content (AvgIpc) is 2.85. The molecule has 0 fully saturated rings. The fourth-order valence-corrected chi connectivity index (χ4v) is 1.45. The van der Waals surface area contributed by atoms with Crippen LogP contribution in [-0.2, 0) is 13.0 Å². The highest BCUT2D eigenvalue weighted by molar-refractivity contribution is 5.74. The van der Waals surface area contributed by atoms with Gasteiger partial charge in [-0.05, 0) is 30.7 Å². The molecule has 94 valence electrons. The number of benzene rings is 1. The van der Waals surface area contributed by atoms with Crippen LogP contribution in [0.15, 0.2) is 28.7 Å². The molecule has 0 saturated heterocycles. The van der Waals surface area contributed by atoms with Crippen molar-refractivity contribution in [2.75, 3.05) is 0 Å². The highest BCUT2D eigenvalue weighted by atomic mass is 16.5. The molecule has 0 aliphatic rings. The van der Waals surface area contributed by atoms with Crippen molar-refractivity contribution in [2.45, 2.75) is 26.4 Å². The van der Waals surface area contributed by atoms with Gasteiger partial charge in [0.25, 0.3) is 5.89 Å². The van der Waals surface area contributed by atoms with Crippen molar-refractivity contribution < 1.29 is 13.9 Å². The summed E-state index contributed by atoms with van der Waals surface area (Å²) < 4.78 is 10.9. The summed E-state index contributed by atoms with van der Waals surface area (Å²) in [4.78, 5) is 10.5. The smallest absolute Gasteiger partial charge is 0.253 e. The fourth-order valence-electron chi connectivity index (χ4n) is 1.45. The normalized spacial score (nSPS) is 10.3. The van der Waals surface area contributed by atoms with Crippen LogP contribution in [0.25, 0.3) is 0 Å². The summed E-state index contributed by atoms with van der Waals surface area (Å²) in [6, 6.07) is 6.84. The molecule has 5 nitrogen and oxygen atoms in total. The summed E-state index contributed by atoms with van der Waals surface area (Å²) in [5.74, 6) is 1.75. The van der Waals surface area contributed by atoms with E-state index in [0.29, 0.717) is 23.1 Å². The molecule has 1 aromatic carbocycles. The first-order valence-electron chi connectivity index (χ1n) is 5.81. The third kappa shape index (κ3) is 3.16. The Morgan fingerprint density at radius 3 is 2.61 bits per heavy atom. The van der Waals surface area contributed by atoms with Gasteiger partial charge in [0.15, 0.2) is 6.61 Å². The Morgan fingerprint density at radius 2 is 1.94 bits per heavy atom. The van der Waals surface area contributed by atoms with E-state index < -0.39 is 0 Å². The van der Waals surface area contributed by atoms with Crippen LogP contribution in [0.3, 0.4) is 0 Å². The van der Waals surface area contributed by atoms with E-state index >= 15 is 0 Å². The number of nitrogens with zero attached hydrogens (tertiary/aromatic N) is 2. The molecule has 0 unspecified atom stereocenters. The van der Waals surface area contributed by atoms with Crippen molar-refractivity contribution in [2.24, 2.45) is 0 Å². The topological polar surface area (TPSA) is 65.2 Å². The van der Waals surface area contributed by atoms with E-state index in [-0.39, 0.29) is 6.61 Å². The summed E-state index contributed by atoms with van der Waals surface area (Å²) in [7, 11) is 0. The van der Waals surface area contributed by atoms with Gasteiger partial charge in [-0.3, -0.25) is 4.79 Å². The highest BCUT2D eigenvalue weighted by Crippen LogP contribution is 2.13. The standard InChI is InChI=1S/C13H14N2O3/c1-2-3-12-14-15-13(18-12)9-17-11-6-4-10(8-16)5-7-11/h4-8H,2-3,9H2,1H3. The van der Waals surface area contributed by atoms with Crippen molar-refractivity contribution in [1.29, 1.82) is 0 Å². The zero-order valence-electron chi connectivity index (χ0n) is 10.1. The van der Waals surface area contributed by atoms with E-state index in [1.54, 1.807) is 24.3 Å². The second-order valence-electron chi connectivity index (χ2n) is 3.82. The number of rotatable bonds is 6. The Hall–Kier alpha value is -2.17. The minimum Gasteiger partial charge on any atom is -0.484 e. The summed E-state index contributed by atoms with van der Waals surface area (Å²) in [5.41, 5.74) is 0.616. The first-order chi connectivity index (χ1) is 8.81. The number of aryl methyl sites for hydroxylation is 1. The minimum absolute atomic E-state index is 0.233. The molecule has 1 aromatic heterocycles. The van der Waals surface area contributed by atoms with Crippen LogP contribution in [0, 0.1) is 0 Å². The predicted molar refractivity (Wildman–Crippen MR) is 64.5 cm³/mol. The lowest BCUT2D eigenvalue weighted by molar-refractivity contribution is 0.112. The van der Waals surface area contributed by atoms with Crippen molar-refractivity contribution in [3.8, 4) is 5.75 Å². The monoisotopic (exact) mass is 246 g/mol. The summed E-state index contributed by atoms with van der Waals surface area (Å²) in [6.07, 6.45) is 2.54. The molecule has 0 radical (unpaired) electrons. The Bertz CT molecular complexity index is 505. The lowest BCUT2D eigenvalue weighted by atomic mass is 10.2. The number of ether oxygens (including phenoxy) is 1. The van der Waals surface area contributed by atoms with E-state index in [4.69, 9.17) is 9.15 Å². The number of hydrogen-bond acceptors (Lipinski definition) is 5. The third-order valence-corrected chi connectivity index (χ3v) is 2.35. The first kappa shape index (κ1) is 12.3. The van der Waals surface area contributed by atoms with Gasteiger partial charge in [-0.1, -0.05) is 6.92 Å². The van der Waals surface area contributed by atoms with Gasteiger partial charge in [-0.2, -0.15) is 0 Å². The average molecular weight is 246 g/mol. The minimum atomic E-state index is 0.233. The van der Waals surface area contributed by atoms with Crippen LogP contribution in [0.4, 0.5) is 0 Å². The Balaban J connectivity index is 1.91. The fraction of sp³-hybridized carbons (Fsp3) is 0.308. The van der Waals surface area contributed by atoms with Gasteiger partial charge in [0.05, 0.1) is 0 Å². The largest absolute Gasteiger partial charge is 0.484 e. The van der Waals surface area contributed by atoms with Crippen LogP contribution in [0.5, 0.6) is 5.75 Å². The van der Waals surface area contributed by atoms with E-state index in [2.05, 4.69) is 17.1 Å². The Morgan fingerprint density at radius 1 is 1.22 bits per heavy atom. The van der Waals surface area contributed by atoms with E-state index in [1.807, 2.05) is 0 Å². The van der Waals surface area contributed by atoms with Gasteiger partial charge in [0.1, 0.15) is 12.0 Å². The molecule has 0 spiro atoms. The van der Waals surface area contributed by atoms with E-state index in [0.717, 1.165) is 19.1 Å². The zero-order chi connectivity index (χ0) is 12.8. The molecule has 5 heteroatoms. The molecule has 0 bridgehead atoms. The molecule has 0 aliphatic carbocycles. The predicted octanol–water partition coefficient (Wildman–Crippen LogP) is 2.41. The Kier molecular flexibility index (Phi) is 4.06. The molecule has 0 saturated carbocycles. The van der Waals surface area contributed by atoms with Crippen molar-refractivity contribution in [3.63, 3.8) is 0 Å². The molecule has 0 aliphatic heterocycles. The number of aldehydes is 1. The highest BCUT2D eigenvalue weighted by Gasteiger charge is 2.05. The lowest BCUT2D eigenvalue weighted by Gasteiger charge is -2.02. The van der Waals surface area contributed by atoms with Crippen LogP contribution in [0.2, 0.25) is 0 Å². The Labute approximate surface area is 105 Å². The summed E-state index contributed by atoms with van der Waals surface area (Å²) >= 11 is 0. The third-order valence-electron chi connectivity index (χ3n) is 2.35. The van der Waals surface area contributed by atoms with Gasteiger partial charge in [0.2, 0.25) is 5.89 Å². The SMILES string of the molecule is CCCc1nnc(COc2ccc(C=O)cc2)o1.